The van der Waals surface area contributed by atoms with E-state index in [1.54, 1.807) is 0 Å². The Morgan fingerprint density at radius 1 is 1.43 bits per heavy atom. The molecular weight excluding hydrogens is 349 g/mol. The van der Waals surface area contributed by atoms with Gasteiger partial charge in [0.25, 0.3) is 0 Å². The van der Waals surface area contributed by atoms with Gasteiger partial charge in [-0.1, -0.05) is 19.6 Å². The van der Waals surface area contributed by atoms with Crippen molar-refractivity contribution in [2.45, 2.75) is 70.8 Å². The van der Waals surface area contributed by atoms with E-state index in [0.717, 1.165) is 42.8 Å². The van der Waals surface area contributed by atoms with Crippen molar-refractivity contribution in [3.8, 4) is 0 Å². The molecule has 0 spiro atoms. The lowest BCUT2D eigenvalue weighted by Crippen LogP contribution is -2.62. The number of anilines is 1. The van der Waals surface area contributed by atoms with Crippen molar-refractivity contribution in [2.75, 3.05) is 11.5 Å². The third kappa shape index (κ3) is 3.06. The number of hydrogen-bond donors (Lipinski definition) is 1. The molecular formula is C22H30BN3O2. The topological polar surface area (TPSA) is 54.5 Å². The van der Waals surface area contributed by atoms with Gasteiger partial charge in [0.15, 0.2) is 0 Å². The van der Waals surface area contributed by atoms with Crippen LogP contribution in [0.3, 0.4) is 0 Å². The lowest BCUT2D eigenvalue weighted by atomic mass is 9.43. The zero-order valence-corrected chi connectivity index (χ0v) is 17.3. The van der Waals surface area contributed by atoms with Gasteiger partial charge in [-0.15, -0.1) is 0 Å². The van der Waals surface area contributed by atoms with Gasteiger partial charge in [0.1, 0.15) is 19.5 Å². The molecule has 2 radical (unpaired) electrons. The van der Waals surface area contributed by atoms with Crippen LogP contribution in [0.15, 0.2) is 24.5 Å². The molecule has 1 amide bonds. The summed E-state index contributed by atoms with van der Waals surface area (Å²) in [5.41, 5.74) is 1.40. The van der Waals surface area contributed by atoms with E-state index in [1.807, 2.05) is 19.9 Å². The van der Waals surface area contributed by atoms with Gasteiger partial charge in [-0.25, -0.2) is 4.98 Å². The molecule has 0 aromatic carbocycles. The summed E-state index contributed by atoms with van der Waals surface area (Å²) in [7, 11) is 6.49. The fraction of sp³-hybridized carbons (Fsp3) is 0.636. The zero-order chi connectivity index (χ0) is 20.1. The van der Waals surface area contributed by atoms with E-state index >= 15 is 0 Å². The van der Waals surface area contributed by atoms with Gasteiger partial charge in [0.05, 0.1) is 0 Å². The van der Waals surface area contributed by atoms with Gasteiger partial charge in [0.2, 0.25) is 5.91 Å². The van der Waals surface area contributed by atoms with Crippen molar-refractivity contribution < 1.29 is 9.53 Å². The van der Waals surface area contributed by atoms with Crippen LogP contribution in [0, 0.1) is 25.2 Å². The fourth-order valence-electron chi connectivity index (χ4n) is 4.99. The number of ether oxygens (including phenoxy) is 1. The van der Waals surface area contributed by atoms with Crippen molar-refractivity contribution >= 4 is 19.6 Å². The number of nitrogens with zero attached hydrogens (tertiary/aromatic N) is 2. The van der Waals surface area contributed by atoms with Gasteiger partial charge >= 0.3 is 0 Å². The molecule has 2 saturated carbocycles. The molecule has 1 saturated heterocycles. The van der Waals surface area contributed by atoms with Gasteiger partial charge in [0, 0.05) is 30.3 Å². The first-order chi connectivity index (χ1) is 13.2. The Kier molecular flexibility index (Phi) is 4.81. The number of carbonyl (C=O) groups is 1. The molecule has 5 nitrogen and oxygen atoms in total. The SMILES string of the molecule is [B][C@]12OCC[C@@]1(C)CC2CC(=O)NC(=C)N(c1nc(C)ccc1C)C1CCC1. The van der Waals surface area contributed by atoms with Crippen LogP contribution in [0.5, 0.6) is 0 Å². The molecule has 148 valence electrons. The second-order valence-corrected chi connectivity index (χ2v) is 9.10. The number of carbonyl (C=O) groups excluding carboxylic acids is 1. The van der Waals surface area contributed by atoms with E-state index in [1.165, 1.54) is 6.42 Å². The molecule has 6 heteroatoms. The summed E-state index contributed by atoms with van der Waals surface area (Å²) in [5.74, 6) is 1.51. The Morgan fingerprint density at radius 2 is 2.18 bits per heavy atom. The lowest BCUT2D eigenvalue weighted by molar-refractivity contribution is -0.140. The summed E-state index contributed by atoms with van der Waals surface area (Å²) < 4.78 is 5.83. The number of aromatic nitrogens is 1. The van der Waals surface area contributed by atoms with Crippen molar-refractivity contribution in [1.29, 1.82) is 0 Å². The Bertz CT molecular complexity index is 809. The van der Waals surface area contributed by atoms with E-state index in [9.17, 15) is 4.79 Å². The standard InChI is InChI=1S/C22H30BN3O2/c1-14-8-9-15(2)24-20(14)26(18-6-5-7-18)16(3)25-19(27)12-17-13-21(4)10-11-28-22(17,21)23/h8-9,17-18H,3,5-7,10-13H2,1-2,4H3,(H,25,27)/t17?,21-,22+/m0/s1. The Balaban J connectivity index is 1.45. The molecule has 2 aliphatic carbocycles. The smallest absolute Gasteiger partial charge is 0.225 e. The maximum Gasteiger partial charge on any atom is 0.225 e. The van der Waals surface area contributed by atoms with Gasteiger partial charge < -0.3 is 15.0 Å². The third-order valence-electron chi connectivity index (χ3n) is 7.13. The molecule has 1 unspecified atom stereocenters. The van der Waals surface area contributed by atoms with Crippen molar-refractivity contribution in [3.05, 3.63) is 35.8 Å². The van der Waals surface area contributed by atoms with Crippen LogP contribution < -0.4 is 10.2 Å². The van der Waals surface area contributed by atoms with E-state index in [2.05, 4.69) is 29.8 Å². The molecule has 3 fully saturated rings. The molecule has 3 atom stereocenters. The molecule has 3 aliphatic rings. The minimum Gasteiger partial charge on any atom is -0.384 e. The molecule has 28 heavy (non-hydrogen) atoms. The fourth-order valence-corrected chi connectivity index (χ4v) is 4.99. The number of hydrogen-bond acceptors (Lipinski definition) is 4. The number of nitrogens with one attached hydrogen (secondary N) is 1. The first kappa shape index (κ1) is 19.5. The maximum atomic E-state index is 12.8. The van der Waals surface area contributed by atoms with Gasteiger partial charge in [-0.3, -0.25) is 4.79 Å². The highest BCUT2D eigenvalue weighted by Gasteiger charge is 2.63. The van der Waals surface area contributed by atoms with Crippen molar-refractivity contribution in [3.63, 3.8) is 0 Å². The molecule has 1 aromatic rings. The van der Waals surface area contributed by atoms with Crippen LogP contribution >= 0.6 is 0 Å². The highest BCUT2D eigenvalue weighted by molar-refractivity contribution is 6.16. The monoisotopic (exact) mass is 379 g/mol. The normalized spacial score (nSPS) is 31.5. The van der Waals surface area contributed by atoms with E-state index < -0.39 is 5.50 Å². The van der Waals surface area contributed by atoms with Crippen molar-refractivity contribution in [2.24, 2.45) is 11.3 Å². The van der Waals surface area contributed by atoms with Crippen molar-refractivity contribution in [1.82, 2.24) is 10.3 Å². The van der Waals surface area contributed by atoms with Crippen LogP contribution in [0.2, 0.25) is 0 Å². The summed E-state index contributed by atoms with van der Waals surface area (Å²) >= 11 is 0. The second-order valence-electron chi connectivity index (χ2n) is 9.10. The highest BCUT2D eigenvalue weighted by atomic mass is 16.5. The number of aryl methyl sites for hydroxylation is 2. The first-order valence-corrected chi connectivity index (χ1v) is 10.4. The van der Waals surface area contributed by atoms with E-state index in [0.29, 0.717) is 24.9 Å². The highest BCUT2D eigenvalue weighted by Crippen LogP contribution is 2.61. The average molecular weight is 379 g/mol. The van der Waals surface area contributed by atoms with Crippen LogP contribution in [0.25, 0.3) is 0 Å². The molecule has 2 heterocycles. The number of amides is 1. The van der Waals surface area contributed by atoms with Crippen LogP contribution in [-0.2, 0) is 9.53 Å². The number of rotatable bonds is 6. The van der Waals surface area contributed by atoms with Gasteiger partial charge in [-0.05, 0) is 68.9 Å². The molecule has 1 N–H and O–H groups in total. The largest absolute Gasteiger partial charge is 0.384 e. The minimum atomic E-state index is -0.659. The molecule has 4 rings (SSSR count). The Hall–Kier alpha value is -1.82. The quantitative estimate of drug-likeness (QED) is 0.771. The van der Waals surface area contributed by atoms with Crippen LogP contribution in [0.1, 0.15) is 56.7 Å². The van der Waals surface area contributed by atoms with Crippen LogP contribution in [0.4, 0.5) is 5.82 Å². The average Bonchev–Trinajstić information content (AvgIpc) is 2.82. The molecule has 0 bridgehead atoms. The zero-order valence-electron chi connectivity index (χ0n) is 17.3. The van der Waals surface area contributed by atoms with Crippen LogP contribution in [-0.4, -0.2) is 36.9 Å². The minimum absolute atomic E-state index is 0.00944. The number of pyridine rings is 1. The second kappa shape index (κ2) is 6.91. The number of fused-ring (bicyclic) bond motifs is 1. The van der Waals surface area contributed by atoms with E-state index in [4.69, 9.17) is 17.6 Å². The summed E-state index contributed by atoms with van der Waals surface area (Å²) in [6, 6.07) is 4.42. The predicted molar refractivity (Wildman–Crippen MR) is 111 cm³/mol. The lowest BCUT2D eigenvalue weighted by Gasteiger charge is -2.57. The first-order valence-electron chi connectivity index (χ1n) is 10.4. The molecule has 1 aromatic heterocycles. The van der Waals surface area contributed by atoms with Gasteiger partial charge in [-0.2, -0.15) is 0 Å². The Labute approximate surface area is 169 Å². The third-order valence-corrected chi connectivity index (χ3v) is 7.13. The van der Waals surface area contributed by atoms with E-state index in [-0.39, 0.29) is 17.2 Å². The maximum absolute atomic E-state index is 12.8. The predicted octanol–water partition coefficient (Wildman–Crippen LogP) is 3.35. The summed E-state index contributed by atoms with van der Waals surface area (Å²) in [4.78, 5) is 19.6. The molecule has 1 aliphatic heterocycles. The Morgan fingerprint density at radius 3 is 2.82 bits per heavy atom. The summed E-state index contributed by atoms with van der Waals surface area (Å²) in [6.45, 7) is 11.1. The summed E-state index contributed by atoms with van der Waals surface area (Å²) in [5, 5.41) is 3.02. The summed E-state index contributed by atoms with van der Waals surface area (Å²) in [6.07, 6.45) is 5.65.